The van der Waals surface area contributed by atoms with Crippen LogP contribution in [0.5, 0.6) is 0 Å². The Kier molecular flexibility index (Phi) is 7.01. The second kappa shape index (κ2) is 10.1. The fourth-order valence-corrected chi connectivity index (χ4v) is 5.53. The maximum Gasteiger partial charge on any atom is 0.256 e. The smallest absolute Gasteiger partial charge is 0.256 e. The van der Waals surface area contributed by atoms with E-state index >= 15 is 0 Å². The van der Waals surface area contributed by atoms with Crippen molar-refractivity contribution >= 4 is 44.7 Å². The first-order valence-corrected chi connectivity index (χ1v) is 12.8. The van der Waals surface area contributed by atoms with E-state index in [0.29, 0.717) is 28.8 Å². The summed E-state index contributed by atoms with van der Waals surface area (Å²) in [4.78, 5) is 25.9. The molecule has 4 rings (SSSR count). The molecule has 0 unspecified atom stereocenters. The van der Waals surface area contributed by atoms with Gasteiger partial charge in [0.05, 0.1) is 9.73 Å². The molecule has 3 heterocycles. The van der Waals surface area contributed by atoms with Crippen LogP contribution in [0.25, 0.3) is 0 Å². The van der Waals surface area contributed by atoms with Gasteiger partial charge in [0.2, 0.25) is 5.95 Å². The normalized spacial score (nSPS) is 14.6. The maximum absolute atomic E-state index is 13.2. The number of nitrogens with zero attached hydrogens (tertiary/aromatic N) is 4. The summed E-state index contributed by atoms with van der Waals surface area (Å²) in [7, 11) is -2.27. The molecule has 1 fully saturated rings. The molecule has 0 aliphatic carbocycles. The Morgan fingerprint density at radius 2 is 1.79 bits per heavy atom. The van der Waals surface area contributed by atoms with Crippen molar-refractivity contribution in [2.75, 3.05) is 22.1 Å². The molecule has 34 heavy (non-hydrogen) atoms. The van der Waals surface area contributed by atoms with Crippen molar-refractivity contribution < 1.29 is 13.4 Å². The zero-order valence-electron chi connectivity index (χ0n) is 18.9. The number of amides is 1. The molecule has 1 saturated heterocycles. The van der Waals surface area contributed by atoms with Crippen LogP contribution in [0.2, 0.25) is 0 Å². The van der Waals surface area contributed by atoms with Gasteiger partial charge in [-0.2, -0.15) is 9.35 Å². The summed E-state index contributed by atoms with van der Waals surface area (Å²) in [6.45, 7) is 3.71. The van der Waals surface area contributed by atoms with Crippen molar-refractivity contribution in [2.45, 2.75) is 32.7 Å². The second-order valence-corrected chi connectivity index (χ2v) is 10.7. The summed E-state index contributed by atoms with van der Waals surface area (Å²) < 4.78 is 30.4. The Balaban J connectivity index is 1.65. The monoisotopic (exact) mass is 483 g/mol. The number of pyridine rings is 1. The lowest BCUT2D eigenvalue weighted by Gasteiger charge is -2.14. The lowest BCUT2D eigenvalue weighted by Crippen LogP contribution is -2.31. The third-order valence-corrected chi connectivity index (χ3v) is 7.34. The van der Waals surface area contributed by atoms with E-state index in [4.69, 9.17) is 0 Å². The molecule has 2 aromatic heterocycles. The van der Waals surface area contributed by atoms with Crippen LogP contribution in [0.4, 0.5) is 33.5 Å². The second-order valence-electron chi connectivity index (χ2n) is 8.20. The highest BCUT2D eigenvalue weighted by Gasteiger charge is 2.18. The van der Waals surface area contributed by atoms with E-state index < -0.39 is 9.73 Å². The lowest BCUT2D eigenvalue weighted by molar-refractivity contribution is 0.0943. The van der Waals surface area contributed by atoms with Crippen LogP contribution in [-0.2, 0) is 9.73 Å². The van der Waals surface area contributed by atoms with E-state index in [1.54, 1.807) is 30.3 Å². The first-order valence-electron chi connectivity index (χ1n) is 11.0. The van der Waals surface area contributed by atoms with Gasteiger partial charge in [0.15, 0.2) is 5.82 Å². The topological polar surface area (TPSA) is 121 Å². The van der Waals surface area contributed by atoms with Crippen molar-refractivity contribution in [3.8, 4) is 0 Å². The number of nitrogens with one attached hydrogen (secondary N) is 3. The quantitative estimate of drug-likeness (QED) is 0.451. The van der Waals surface area contributed by atoms with Crippen molar-refractivity contribution in [3.05, 3.63) is 60.0 Å². The lowest BCUT2D eigenvalue weighted by atomic mass is 10.2. The predicted molar refractivity (Wildman–Crippen MR) is 131 cm³/mol. The number of hydrogen-bond donors (Lipinski definition) is 3. The molecule has 1 aliphatic rings. The number of carbonyl (C=O) groups excluding carboxylic acids is 1. The molecule has 0 atom stereocenters. The third-order valence-electron chi connectivity index (χ3n) is 4.97. The maximum atomic E-state index is 13.2. The van der Waals surface area contributed by atoms with Gasteiger partial charge in [-0.05, 0) is 63.1 Å². The third kappa shape index (κ3) is 6.04. The predicted octanol–water partition coefficient (Wildman–Crippen LogP) is 4.53. The van der Waals surface area contributed by atoms with E-state index in [1.165, 1.54) is 18.3 Å². The summed E-state index contributed by atoms with van der Waals surface area (Å²) in [5.41, 5.74) is 0.815. The summed E-state index contributed by atoms with van der Waals surface area (Å²) in [6, 6.07) is 10.8. The number of hydrogen-bond acceptors (Lipinski definition) is 8. The van der Waals surface area contributed by atoms with Gasteiger partial charge in [0.1, 0.15) is 23.0 Å². The van der Waals surface area contributed by atoms with Crippen molar-refractivity contribution in [1.82, 2.24) is 20.3 Å². The summed E-state index contributed by atoms with van der Waals surface area (Å²) in [6.07, 6.45) is 3.21. The van der Waals surface area contributed by atoms with Gasteiger partial charge in [-0.15, -0.1) is 0 Å². The van der Waals surface area contributed by atoms with Gasteiger partial charge in [-0.3, -0.25) is 4.79 Å². The van der Waals surface area contributed by atoms with Crippen molar-refractivity contribution in [2.24, 2.45) is 4.36 Å². The molecule has 3 N–H and O–H groups in total. The van der Waals surface area contributed by atoms with Crippen molar-refractivity contribution in [1.29, 1.82) is 0 Å². The van der Waals surface area contributed by atoms with Gasteiger partial charge in [-0.1, -0.05) is 6.07 Å². The van der Waals surface area contributed by atoms with Crippen molar-refractivity contribution in [3.63, 3.8) is 0 Å². The largest absolute Gasteiger partial charge is 0.350 e. The fraction of sp³-hybridized carbons (Fsp3) is 0.304. The zero-order chi connectivity index (χ0) is 24.1. The highest BCUT2D eigenvalue weighted by molar-refractivity contribution is 7.93. The average Bonchev–Trinajstić information content (AvgIpc) is 3.21. The Morgan fingerprint density at radius 1 is 1.06 bits per heavy atom. The van der Waals surface area contributed by atoms with Crippen LogP contribution < -0.4 is 16.0 Å². The first kappa shape index (κ1) is 23.6. The van der Waals surface area contributed by atoms with Gasteiger partial charge >= 0.3 is 0 Å². The summed E-state index contributed by atoms with van der Waals surface area (Å²) >= 11 is 0. The van der Waals surface area contributed by atoms with Gasteiger partial charge in [0, 0.05) is 29.4 Å². The Bertz CT molecular complexity index is 1290. The van der Waals surface area contributed by atoms with Crippen LogP contribution in [0.15, 0.2) is 53.0 Å². The molecule has 0 spiro atoms. The molecule has 3 aromatic rings. The van der Waals surface area contributed by atoms with Crippen LogP contribution in [0.1, 0.15) is 37.0 Å². The number of carbonyl (C=O) groups is 1. The summed E-state index contributed by atoms with van der Waals surface area (Å²) in [5, 5.41) is 8.88. The number of rotatable bonds is 7. The standard InChI is InChI=1S/C23H26FN7O2S/c1-15(2)26-22(32)18-14-25-23(27-17-10-8-16(24)9-11-17)30-21(18)29-19-6-5-7-20(28-19)31-34(33)12-3-4-13-34/h5-11,14-15H,3-4,12-13H2,1-2H3,(H,26,32)(H2,25,27,28,29,30). The molecule has 0 bridgehead atoms. The summed E-state index contributed by atoms with van der Waals surface area (Å²) in [5.74, 6) is 1.66. The van der Waals surface area contributed by atoms with E-state index in [-0.39, 0.29) is 35.1 Å². The van der Waals surface area contributed by atoms with E-state index in [1.807, 2.05) is 13.8 Å². The van der Waals surface area contributed by atoms with E-state index in [9.17, 15) is 13.4 Å². The van der Waals surface area contributed by atoms with Crippen LogP contribution >= 0.6 is 0 Å². The van der Waals surface area contributed by atoms with E-state index in [2.05, 4.69) is 35.3 Å². The molecule has 11 heteroatoms. The van der Waals surface area contributed by atoms with Gasteiger partial charge in [-0.25, -0.2) is 18.6 Å². The molecule has 9 nitrogen and oxygen atoms in total. The van der Waals surface area contributed by atoms with Gasteiger partial charge < -0.3 is 16.0 Å². The first-order chi connectivity index (χ1) is 16.3. The molecule has 1 aliphatic heterocycles. The highest BCUT2D eigenvalue weighted by Crippen LogP contribution is 2.24. The zero-order valence-corrected chi connectivity index (χ0v) is 19.7. The van der Waals surface area contributed by atoms with E-state index in [0.717, 1.165) is 12.8 Å². The number of anilines is 4. The SMILES string of the molecule is CC(C)NC(=O)c1cnc(Nc2ccc(F)cc2)nc1Nc1cccc(N=S2(=O)CCCC2)n1. The molecular weight excluding hydrogens is 457 g/mol. The minimum absolute atomic E-state index is 0.0831. The average molecular weight is 484 g/mol. The number of halogens is 1. The molecule has 0 radical (unpaired) electrons. The fourth-order valence-electron chi connectivity index (χ4n) is 3.39. The molecule has 1 amide bonds. The Morgan fingerprint density at radius 3 is 2.50 bits per heavy atom. The highest BCUT2D eigenvalue weighted by atomic mass is 32.2. The Hall–Kier alpha value is -3.60. The number of benzene rings is 1. The minimum Gasteiger partial charge on any atom is -0.350 e. The molecule has 178 valence electrons. The van der Waals surface area contributed by atoms with Crippen LogP contribution in [0, 0.1) is 5.82 Å². The molecule has 0 saturated carbocycles. The van der Waals surface area contributed by atoms with Crippen LogP contribution in [-0.4, -0.2) is 42.6 Å². The Labute approximate surface area is 197 Å². The number of aromatic nitrogens is 3. The molecular formula is C23H26FN7O2S. The molecule has 1 aromatic carbocycles. The van der Waals surface area contributed by atoms with Crippen LogP contribution in [0.3, 0.4) is 0 Å². The minimum atomic E-state index is -2.27. The van der Waals surface area contributed by atoms with Gasteiger partial charge in [0.25, 0.3) is 5.91 Å².